The molecule has 0 aliphatic carbocycles. The van der Waals surface area contributed by atoms with Crippen LogP contribution >= 0.6 is 0 Å². The van der Waals surface area contributed by atoms with Gasteiger partial charge in [0.2, 0.25) is 0 Å². The molecule has 28 heavy (non-hydrogen) atoms. The lowest BCUT2D eigenvalue weighted by molar-refractivity contribution is 0.0423. The summed E-state index contributed by atoms with van der Waals surface area (Å²) in [6.45, 7) is 17.5. The molecule has 0 fully saturated rings. The SMILES string of the molecule is C/C=C\C(C)CC=Nc1ccc(B(O)OC(C)(C)C(C)C)cc1OC.C=CC. The second-order valence-electron chi connectivity index (χ2n) is 7.62. The lowest BCUT2D eigenvalue weighted by atomic mass is 9.77. The van der Waals surface area contributed by atoms with Gasteiger partial charge < -0.3 is 14.4 Å². The van der Waals surface area contributed by atoms with E-state index in [0.717, 1.165) is 12.1 Å². The molecule has 0 radical (unpaired) electrons. The fourth-order valence-electron chi connectivity index (χ4n) is 2.17. The molecule has 0 spiro atoms. The molecule has 0 aliphatic rings. The van der Waals surface area contributed by atoms with Crippen LogP contribution in [-0.4, -0.2) is 31.1 Å². The van der Waals surface area contributed by atoms with Gasteiger partial charge in [0.1, 0.15) is 11.4 Å². The van der Waals surface area contributed by atoms with E-state index >= 15 is 0 Å². The summed E-state index contributed by atoms with van der Waals surface area (Å²) in [6, 6.07) is 5.45. The van der Waals surface area contributed by atoms with E-state index < -0.39 is 12.7 Å². The van der Waals surface area contributed by atoms with Crippen molar-refractivity contribution >= 4 is 24.5 Å². The molecule has 0 bridgehead atoms. The zero-order valence-electron chi connectivity index (χ0n) is 18.9. The number of methoxy groups -OCH3 is 1. The average Bonchev–Trinajstić information content (AvgIpc) is 2.62. The second kappa shape index (κ2) is 13.4. The number of benzene rings is 1. The number of allylic oxidation sites excluding steroid dienone is 3. The van der Waals surface area contributed by atoms with Crippen LogP contribution in [0.4, 0.5) is 5.69 Å². The van der Waals surface area contributed by atoms with Gasteiger partial charge in [-0.15, -0.1) is 6.58 Å². The topological polar surface area (TPSA) is 51.1 Å². The molecule has 0 heterocycles. The normalized spacial score (nSPS) is 12.8. The van der Waals surface area contributed by atoms with E-state index in [9.17, 15) is 5.02 Å². The van der Waals surface area contributed by atoms with Gasteiger partial charge in [0.15, 0.2) is 0 Å². The van der Waals surface area contributed by atoms with Crippen LogP contribution in [0.1, 0.15) is 54.9 Å². The first-order chi connectivity index (χ1) is 13.1. The number of aliphatic imine (C=N–C) groups is 1. The van der Waals surface area contributed by atoms with Gasteiger partial charge >= 0.3 is 7.12 Å². The molecule has 0 aliphatic heterocycles. The highest BCUT2D eigenvalue weighted by molar-refractivity contribution is 6.60. The van der Waals surface area contributed by atoms with Gasteiger partial charge in [0.25, 0.3) is 0 Å². The third-order valence-electron chi connectivity index (χ3n) is 4.52. The Bertz CT molecular complexity index is 639. The zero-order chi connectivity index (χ0) is 21.7. The maximum Gasteiger partial charge on any atom is 0.491 e. The summed E-state index contributed by atoms with van der Waals surface area (Å²) in [7, 11) is 0.602. The van der Waals surface area contributed by atoms with E-state index in [1.165, 1.54) is 0 Å². The first-order valence-corrected chi connectivity index (χ1v) is 9.89. The van der Waals surface area contributed by atoms with E-state index in [4.69, 9.17) is 9.39 Å². The standard InChI is InChI=1S/C20H32BNO3.C3H6/c1-8-9-16(4)12-13-22-18-11-10-17(14-19(18)24-7)21(23)25-20(5,6)15(2)3;1-3-2/h8-11,13-16,23H,12H2,1-7H3;3H,1H2,2H3/b9-8-,22-13?;. The third-order valence-corrected chi connectivity index (χ3v) is 4.52. The van der Waals surface area contributed by atoms with Gasteiger partial charge in [-0.2, -0.15) is 0 Å². The highest BCUT2D eigenvalue weighted by Crippen LogP contribution is 2.26. The maximum absolute atomic E-state index is 10.4. The van der Waals surface area contributed by atoms with Crippen LogP contribution in [-0.2, 0) is 4.65 Å². The minimum absolute atomic E-state index is 0.284. The number of hydrogen-bond donors (Lipinski definition) is 1. The second-order valence-corrected chi connectivity index (χ2v) is 7.62. The van der Waals surface area contributed by atoms with E-state index in [2.05, 4.69) is 38.4 Å². The Hall–Kier alpha value is -1.85. The molecule has 1 atom stereocenters. The third kappa shape index (κ3) is 9.38. The van der Waals surface area contributed by atoms with Crippen molar-refractivity contribution in [2.75, 3.05) is 7.11 Å². The summed E-state index contributed by atoms with van der Waals surface area (Å²) in [6.07, 6.45) is 8.71. The van der Waals surface area contributed by atoms with Crippen molar-refractivity contribution in [2.45, 2.75) is 60.5 Å². The Morgan fingerprint density at radius 2 is 1.86 bits per heavy atom. The Labute approximate surface area is 172 Å². The van der Waals surface area contributed by atoms with E-state index in [-0.39, 0.29) is 5.92 Å². The summed E-state index contributed by atoms with van der Waals surface area (Å²) < 4.78 is 11.2. The first-order valence-electron chi connectivity index (χ1n) is 9.89. The zero-order valence-corrected chi connectivity index (χ0v) is 18.9. The summed E-state index contributed by atoms with van der Waals surface area (Å²) >= 11 is 0. The predicted molar refractivity (Wildman–Crippen MR) is 123 cm³/mol. The van der Waals surface area contributed by atoms with Crippen LogP contribution in [0.25, 0.3) is 0 Å². The van der Waals surface area contributed by atoms with Gasteiger partial charge in [-0.1, -0.05) is 45.1 Å². The number of ether oxygens (including phenoxy) is 1. The smallest absolute Gasteiger partial charge is 0.491 e. The average molecular weight is 387 g/mol. The van der Waals surface area contributed by atoms with Crippen molar-refractivity contribution in [3.8, 4) is 5.75 Å². The van der Waals surface area contributed by atoms with Crippen LogP contribution in [0.3, 0.4) is 0 Å². The minimum atomic E-state index is -1.00. The highest BCUT2D eigenvalue weighted by atomic mass is 16.5. The van der Waals surface area contributed by atoms with E-state index in [1.54, 1.807) is 19.3 Å². The molecule has 0 amide bonds. The van der Waals surface area contributed by atoms with Gasteiger partial charge in [-0.25, -0.2) is 0 Å². The fourth-order valence-corrected chi connectivity index (χ4v) is 2.17. The molecule has 0 saturated carbocycles. The fraction of sp³-hybridized carbons (Fsp3) is 0.522. The quantitative estimate of drug-likeness (QED) is 0.354. The molecule has 1 N–H and O–H groups in total. The molecule has 5 heteroatoms. The lowest BCUT2D eigenvalue weighted by Gasteiger charge is -2.31. The number of rotatable bonds is 9. The molecule has 0 aromatic heterocycles. The Kier molecular flexibility index (Phi) is 12.5. The molecule has 156 valence electrons. The number of nitrogens with zero attached hydrogens (tertiary/aromatic N) is 1. The van der Waals surface area contributed by atoms with Gasteiger partial charge in [-0.3, -0.25) is 4.99 Å². The van der Waals surface area contributed by atoms with Crippen molar-refractivity contribution in [3.05, 3.63) is 43.0 Å². The Balaban J connectivity index is 0.00000227. The first kappa shape index (κ1) is 26.2. The van der Waals surface area contributed by atoms with E-state index in [0.29, 0.717) is 17.1 Å². The van der Waals surface area contributed by atoms with Crippen molar-refractivity contribution < 1.29 is 14.4 Å². The van der Waals surface area contributed by atoms with Gasteiger partial charge in [-0.05, 0) is 63.5 Å². The van der Waals surface area contributed by atoms with Crippen LogP contribution in [0, 0.1) is 11.8 Å². The van der Waals surface area contributed by atoms with Gasteiger partial charge in [0, 0.05) is 6.21 Å². The van der Waals surface area contributed by atoms with Crippen LogP contribution in [0.15, 0.2) is 48.0 Å². The molecule has 1 unspecified atom stereocenters. The van der Waals surface area contributed by atoms with Crippen molar-refractivity contribution in [1.82, 2.24) is 0 Å². The van der Waals surface area contributed by atoms with E-state index in [1.807, 2.05) is 52.1 Å². The molecule has 1 aromatic carbocycles. The highest BCUT2D eigenvalue weighted by Gasteiger charge is 2.30. The molecule has 1 aromatic rings. The number of hydrogen-bond acceptors (Lipinski definition) is 4. The largest absolute Gasteiger partial charge is 0.495 e. The maximum atomic E-state index is 10.4. The van der Waals surface area contributed by atoms with Crippen LogP contribution < -0.4 is 10.2 Å². The van der Waals surface area contributed by atoms with Crippen molar-refractivity contribution in [2.24, 2.45) is 16.8 Å². The minimum Gasteiger partial charge on any atom is -0.495 e. The predicted octanol–water partition coefficient (Wildman–Crippen LogP) is 5.33. The monoisotopic (exact) mass is 387 g/mol. The molecular formula is C23H38BNO3. The molecular weight excluding hydrogens is 349 g/mol. The molecule has 0 saturated heterocycles. The Morgan fingerprint density at radius 1 is 1.25 bits per heavy atom. The molecule has 4 nitrogen and oxygen atoms in total. The van der Waals surface area contributed by atoms with Crippen molar-refractivity contribution in [1.29, 1.82) is 0 Å². The van der Waals surface area contributed by atoms with Crippen LogP contribution in [0.5, 0.6) is 5.75 Å². The summed E-state index contributed by atoms with van der Waals surface area (Å²) in [5.74, 6) is 1.36. The Morgan fingerprint density at radius 3 is 2.36 bits per heavy atom. The van der Waals surface area contributed by atoms with Crippen molar-refractivity contribution in [3.63, 3.8) is 0 Å². The lowest BCUT2D eigenvalue weighted by Crippen LogP contribution is -2.44. The van der Waals surface area contributed by atoms with Crippen LogP contribution in [0.2, 0.25) is 0 Å². The summed E-state index contributed by atoms with van der Waals surface area (Å²) in [4.78, 5) is 4.50. The van der Waals surface area contributed by atoms with Gasteiger partial charge in [0.05, 0.1) is 12.7 Å². The summed E-state index contributed by atoms with van der Waals surface area (Å²) in [5.41, 5.74) is 0.980. The summed E-state index contributed by atoms with van der Waals surface area (Å²) in [5, 5.41) is 10.4. The molecule has 1 rings (SSSR count).